The van der Waals surface area contributed by atoms with Gasteiger partial charge in [-0.25, -0.2) is 0 Å². The van der Waals surface area contributed by atoms with Gasteiger partial charge in [0.1, 0.15) is 5.78 Å². The first kappa shape index (κ1) is 14.3. The van der Waals surface area contributed by atoms with Crippen LogP contribution in [0.25, 0.3) is 0 Å². The number of hydrogen-bond donors (Lipinski definition) is 0. The Morgan fingerprint density at radius 1 is 1.26 bits per heavy atom. The van der Waals surface area contributed by atoms with E-state index in [2.05, 4.69) is 12.0 Å². The molecule has 0 saturated heterocycles. The van der Waals surface area contributed by atoms with Gasteiger partial charge in [0.15, 0.2) is 0 Å². The molecule has 19 heavy (non-hydrogen) atoms. The molecule has 1 aliphatic carbocycles. The van der Waals surface area contributed by atoms with Gasteiger partial charge < -0.3 is 0 Å². The molecule has 0 N–H and O–H groups in total. The first-order valence-corrected chi connectivity index (χ1v) is 7.58. The zero-order valence-corrected chi connectivity index (χ0v) is 12.5. The number of Topliss-reactive ketones (excluding diaryl/α,β-unsaturated/α-hetero) is 1. The summed E-state index contributed by atoms with van der Waals surface area (Å²) in [5.74, 6) is 1.10. The molecule has 0 unspecified atom stereocenters. The smallest absolute Gasteiger partial charge is 0.133 e. The van der Waals surface area contributed by atoms with Crippen LogP contribution >= 0.6 is 0 Å². The van der Waals surface area contributed by atoms with Gasteiger partial charge in [-0.1, -0.05) is 32.1 Å². The fourth-order valence-electron chi connectivity index (χ4n) is 3.26. The van der Waals surface area contributed by atoms with Crippen molar-refractivity contribution in [1.82, 2.24) is 9.78 Å². The predicted molar refractivity (Wildman–Crippen MR) is 77.2 cm³/mol. The predicted octanol–water partition coefficient (Wildman–Crippen LogP) is 3.51. The molecule has 106 valence electrons. The number of carbonyl (C=O) groups is 1. The van der Waals surface area contributed by atoms with Crippen molar-refractivity contribution in [3.8, 4) is 0 Å². The summed E-state index contributed by atoms with van der Waals surface area (Å²) in [7, 11) is 1.97. The number of hydrogen-bond acceptors (Lipinski definition) is 2. The molecule has 1 saturated carbocycles. The highest BCUT2D eigenvalue weighted by Gasteiger charge is 2.18. The molecule has 0 radical (unpaired) electrons. The molecular weight excluding hydrogens is 236 g/mol. The molecule has 0 aromatic carbocycles. The first-order chi connectivity index (χ1) is 9.08. The van der Waals surface area contributed by atoms with Gasteiger partial charge in [-0.3, -0.25) is 9.48 Å². The first-order valence-electron chi connectivity index (χ1n) is 7.58. The summed E-state index contributed by atoms with van der Waals surface area (Å²) in [6.45, 7) is 4.12. The normalized spacial score (nSPS) is 16.8. The highest BCUT2D eigenvalue weighted by molar-refractivity contribution is 5.78. The maximum atomic E-state index is 12.1. The Morgan fingerprint density at radius 3 is 2.53 bits per heavy atom. The summed E-state index contributed by atoms with van der Waals surface area (Å²) in [5, 5.41) is 4.41. The maximum Gasteiger partial charge on any atom is 0.133 e. The minimum atomic E-state index is 0.439. The second kappa shape index (κ2) is 6.36. The van der Waals surface area contributed by atoms with Crippen LogP contribution in [0.3, 0.4) is 0 Å². The minimum Gasteiger partial charge on any atom is -0.300 e. The molecule has 0 bridgehead atoms. The molecule has 3 heteroatoms. The van der Waals surface area contributed by atoms with Crippen LogP contribution in [0.1, 0.15) is 61.9 Å². The van der Waals surface area contributed by atoms with Gasteiger partial charge in [-0.05, 0) is 31.7 Å². The van der Waals surface area contributed by atoms with Gasteiger partial charge in [0, 0.05) is 25.6 Å². The zero-order chi connectivity index (χ0) is 13.8. The van der Waals surface area contributed by atoms with Gasteiger partial charge in [0.05, 0.1) is 5.69 Å². The zero-order valence-electron chi connectivity index (χ0n) is 12.5. The van der Waals surface area contributed by atoms with Gasteiger partial charge in [0.25, 0.3) is 0 Å². The van der Waals surface area contributed by atoms with Crippen LogP contribution in [0, 0.1) is 19.8 Å². The summed E-state index contributed by atoms with van der Waals surface area (Å²) >= 11 is 0. The van der Waals surface area contributed by atoms with Crippen molar-refractivity contribution in [2.75, 3.05) is 0 Å². The molecule has 2 rings (SSSR count). The summed E-state index contributed by atoms with van der Waals surface area (Å²) in [5.41, 5.74) is 3.54. The van der Waals surface area contributed by atoms with Crippen LogP contribution in [0.2, 0.25) is 0 Å². The second-order valence-electron chi connectivity index (χ2n) is 6.02. The highest BCUT2D eigenvalue weighted by atomic mass is 16.1. The Morgan fingerprint density at radius 2 is 1.95 bits per heavy atom. The van der Waals surface area contributed by atoms with Crippen molar-refractivity contribution in [2.24, 2.45) is 13.0 Å². The average Bonchev–Trinajstić information content (AvgIpc) is 2.62. The Bertz CT molecular complexity index is 442. The molecule has 1 aromatic heterocycles. The van der Waals surface area contributed by atoms with Crippen LogP contribution in [0.5, 0.6) is 0 Å². The molecule has 1 aromatic rings. The lowest BCUT2D eigenvalue weighted by molar-refractivity contribution is -0.120. The molecule has 3 nitrogen and oxygen atoms in total. The van der Waals surface area contributed by atoms with E-state index >= 15 is 0 Å². The van der Waals surface area contributed by atoms with Crippen LogP contribution in [-0.4, -0.2) is 15.6 Å². The maximum absolute atomic E-state index is 12.1. The van der Waals surface area contributed by atoms with Crippen LogP contribution in [-0.2, 0) is 18.3 Å². The molecule has 1 aliphatic rings. The monoisotopic (exact) mass is 262 g/mol. The summed E-state index contributed by atoms with van der Waals surface area (Å²) in [6, 6.07) is 0. The lowest BCUT2D eigenvalue weighted by Crippen LogP contribution is -2.12. The molecule has 0 spiro atoms. The number of carbonyl (C=O) groups excluding carboxylic acids is 1. The van der Waals surface area contributed by atoms with E-state index in [-0.39, 0.29) is 0 Å². The number of nitrogens with zero attached hydrogens (tertiary/aromatic N) is 2. The van der Waals surface area contributed by atoms with Crippen LogP contribution in [0.15, 0.2) is 0 Å². The molecule has 0 aliphatic heterocycles. The Balaban J connectivity index is 1.82. The second-order valence-corrected chi connectivity index (χ2v) is 6.02. The van der Waals surface area contributed by atoms with E-state index in [1.54, 1.807) is 0 Å². The number of aromatic nitrogens is 2. The van der Waals surface area contributed by atoms with Crippen molar-refractivity contribution in [1.29, 1.82) is 0 Å². The van der Waals surface area contributed by atoms with Crippen LogP contribution < -0.4 is 0 Å². The third kappa shape index (κ3) is 3.68. The van der Waals surface area contributed by atoms with Gasteiger partial charge in [-0.2, -0.15) is 5.10 Å². The number of aryl methyl sites for hydroxylation is 2. The summed E-state index contributed by atoms with van der Waals surface area (Å²) < 4.78 is 1.91. The Hall–Kier alpha value is -1.12. The van der Waals surface area contributed by atoms with E-state index in [4.69, 9.17) is 0 Å². The third-order valence-corrected chi connectivity index (χ3v) is 4.55. The summed E-state index contributed by atoms with van der Waals surface area (Å²) in [6.07, 6.45) is 8.86. The largest absolute Gasteiger partial charge is 0.300 e. The molecule has 1 heterocycles. The van der Waals surface area contributed by atoms with E-state index in [1.807, 2.05) is 18.7 Å². The molecule has 0 atom stereocenters. The Labute approximate surface area is 116 Å². The van der Waals surface area contributed by atoms with E-state index in [0.29, 0.717) is 18.1 Å². The van der Waals surface area contributed by atoms with E-state index in [1.165, 1.54) is 43.4 Å². The molecule has 1 fully saturated rings. The van der Waals surface area contributed by atoms with Crippen molar-refractivity contribution in [3.05, 3.63) is 17.0 Å². The van der Waals surface area contributed by atoms with Crippen molar-refractivity contribution in [3.63, 3.8) is 0 Å². The van der Waals surface area contributed by atoms with E-state index in [0.717, 1.165) is 18.5 Å². The van der Waals surface area contributed by atoms with Crippen molar-refractivity contribution >= 4 is 5.78 Å². The van der Waals surface area contributed by atoms with Crippen LogP contribution in [0.4, 0.5) is 0 Å². The highest BCUT2D eigenvalue weighted by Crippen LogP contribution is 2.27. The Kier molecular flexibility index (Phi) is 4.78. The fraction of sp³-hybridized carbons (Fsp3) is 0.750. The standard InChI is InChI=1S/C16H26N2O/c1-12-16(13(2)18(3)17-12)10-9-15(19)11-14-7-5-4-6-8-14/h14H,4-11H2,1-3H3. The third-order valence-electron chi connectivity index (χ3n) is 4.55. The summed E-state index contributed by atoms with van der Waals surface area (Å²) in [4.78, 5) is 12.1. The van der Waals surface area contributed by atoms with Gasteiger partial charge in [0.2, 0.25) is 0 Å². The van der Waals surface area contributed by atoms with Gasteiger partial charge in [-0.15, -0.1) is 0 Å². The minimum absolute atomic E-state index is 0.439. The van der Waals surface area contributed by atoms with E-state index in [9.17, 15) is 4.79 Å². The van der Waals surface area contributed by atoms with Crippen molar-refractivity contribution < 1.29 is 4.79 Å². The number of ketones is 1. The number of rotatable bonds is 5. The average molecular weight is 262 g/mol. The lowest BCUT2D eigenvalue weighted by Gasteiger charge is -2.20. The molecule has 0 amide bonds. The molecular formula is C16H26N2O. The fourth-order valence-corrected chi connectivity index (χ4v) is 3.26. The topological polar surface area (TPSA) is 34.9 Å². The van der Waals surface area contributed by atoms with Crippen molar-refractivity contribution in [2.45, 2.75) is 65.2 Å². The quantitative estimate of drug-likeness (QED) is 0.814. The van der Waals surface area contributed by atoms with Gasteiger partial charge >= 0.3 is 0 Å². The lowest BCUT2D eigenvalue weighted by atomic mass is 9.85. The SMILES string of the molecule is Cc1nn(C)c(C)c1CCC(=O)CC1CCCCC1. The van der Waals surface area contributed by atoms with E-state index < -0.39 is 0 Å².